The molecule has 0 aliphatic rings. The fourth-order valence-corrected chi connectivity index (χ4v) is 6.12. The third kappa shape index (κ3) is 3.28. The van der Waals surface area contributed by atoms with Gasteiger partial charge in [-0.05, 0) is 66.6 Å². The Morgan fingerprint density at radius 1 is 0.667 bits per heavy atom. The molecule has 0 unspecified atom stereocenters. The topological polar surface area (TPSA) is 35.9 Å². The second-order valence-corrected chi connectivity index (χ2v) is 10.8. The smallest absolute Gasteiger partial charge is 0.145 e. The van der Waals surface area contributed by atoms with Crippen LogP contribution in [-0.4, -0.2) is 14.1 Å². The normalized spacial score (nSPS) is 12.2. The zero-order chi connectivity index (χ0) is 26.1. The minimum Gasteiger partial charge on any atom is -0.455 e. The predicted octanol–water partition coefficient (Wildman–Crippen LogP) is 9.36. The molecule has 188 valence electrons. The van der Waals surface area contributed by atoms with Gasteiger partial charge in [0.15, 0.2) is 0 Å². The minimum absolute atomic E-state index is 0.522. The van der Waals surface area contributed by atoms with Crippen LogP contribution in [0.5, 0.6) is 0 Å². The van der Waals surface area contributed by atoms with Crippen molar-refractivity contribution < 1.29 is 4.42 Å². The molecule has 39 heavy (non-hydrogen) atoms. The molecule has 0 aliphatic carbocycles. The van der Waals surface area contributed by atoms with Gasteiger partial charge in [-0.25, -0.2) is 4.98 Å². The summed E-state index contributed by atoms with van der Waals surface area (Å²) in [6.45, 7) is 5.43. The minimum atomic E-state index is 0.522. The van der Waals surface area contributed by atoms with E-state index in [4.69, 9.17) is 9.40 Å². The summed E-state index contributed by atoms with van der Waals surface area (Å²) in [7, 11) is 0. The average molecular weight is 506 g/mol. The zero-order valence-corrected chi connectivity index (χ0v) is 21.9. The van der Waals surface area contributed by atoms with Crippen LogP contribution in [0, 0.1) is 5.92 Å². The lowest BCUT2D eigenvalue weighted by molar-refractivity contribution is 0.536. The van der Waals surface area contributed by atoms with E-state index in [1.807, 2.05) is 12.1 Å². The SMILES string of the molecule is CC(C)Cn1c(-c2ccc(-n3c4ccccc4c4c5oc6ccccc6c5ccc43)cc2)nc2ccccc21. The molecular formula is C35H27N3O. The molecule has 4 nitrogen and oxygen atoms in total. The van der Waals surface area contributed by atoms with Gasteiger partial charge >= 0.3 is 0 Å². The van der Waals surface area contributed by atoms with Gasteiger partial charge in [0, 0.05) is 34.0 Å². The third-order valence-corrected chi connectivity index (χ3v) is 7.77. The standard InChI is InChI=1S/C35H27N3O/c1-22(2)21-37-30-13-7-5-11-28(30)36-35(37)23-15-17-24(18-16-23)38-29-12-6-3-10-27(29)33-31(38)20-19-26-25-9-4-8-14-32(25)39-34(26)33/h3-20,22H,21H2,1-2H3. The molecule has 0 atom stereocenters. The fraction of sp³-hybridized carbons (Fsp3) is 0.114. The Hall–Kier alpha value is -4.83. The fourth-order valence-electron chi connectivity index (χ4n) is 6.12. The van der Waals surface area contributed by atoms with E-state index >= 15 is 0 Å². The van der Waals surface area contributed by atoms with E-state index in [2.05, 4.69) is 120 Å². The van der Waals surface area contributed by atoms with Gasteiger partial charge in [-0.15, -0.1) is 0 Å². The molecule has 0 radical (unpaired) electrons. The Labute approximate surface area is 225 Å². The summed E-state index contributed by atoms with van der Waals surface area (Å²) in [5.41, 5.74) is 8.64. The summed E-state index contributed by atoms with van der Waals surface area (Å²) < 4.78 is 11.1. The largest absolute Gasteiger partial charge is 0.455 e. The summed E-state index contributed by atoms with van der Waals surface area (Å²) in [6, 6.07) is 38.6. The number of nitrogens with zero attached hydrogens (tertiary/aromatic N) is 3. The maximum absolute atomic E-state index is 6.45. The Balaban J connectivity index is 1.33. The Bertz CT molecular complexity index is 2170. The van der Waals surface area contributed by atoms with E-state index in [0.717, 1.165) is 62.0 Å². The number of aromatic nitrogens is 3. The summed E-state index contributed by atoms with van der Waals surface area (Å²) in [5.74, 6) is 1.54. The zero-order valence-electron chi connectivity index (χ0n) is 21.9. The van der Waals surface area contributed by atoms with Crippen LogP contribution >= 0.6 is 0 Å². The average Bonchev–Trinajstić information content (AvgIpc) is 3.62. The van der Waals surface area contributed by atoms with Gasteiger partial charge < -0.3 is 13.6 Å². The van der Waals surface area contributed by atoms with Crippen LogP contribution in [0.3, 0.4) is 0 Å². The van der Waals surface area contributed by atoms with Gasteiger partial charge in [0.1, 0.15) is 17.0 Å². The van der Waals surface area contributed by atoms with Crippen molar-refractivity contribution in [2.75, 3.05) is 0 Å². The van der Waals surface area contributed by atoms with Crippen LogP contribution in [0.1, 0.15) is 13.8 Å². The summed E-state index contributed by atoms with van der Waals surface area (Å²) in [5, 5.41) is 4.65. The number of imidazole rings is 1. The van der Waals surface area contributed by atoms with Crippen molar-refractivity contribution in [1.29, 1.82) is 0 Å². The van der Waals surface area contributed by atoms with Crippen LogP contribution in [0.4, 0.5) is 0 Å². The van der Waals surface area contributed by atoms with Crippen molar-refractivity contribution in [2.45, 2.75) is 20.4 Å². The van der Waals surface area contributed by atoms with Crippen LogP contribution in [-0.2, 0) is 6.54 Å². The van der Waals surface area contributed by atoms with Crippen molar-refractivity contribution >= 4 is 54.8 Å². The van der Waals surface area contributed by atoms with Crippen molar-refractivity contribution in [1.82, 2.24) is 14.1 Å². The number of hydrogen-bond acceptors (Lipinski definition) is 2. The van der Waals surface area contributed by atoms with Crippen molar-refractivity contribution in [3.8, 4) is 17.1 Å². The second kappa shape index (κ2) is 8.34. The number of fused-ring (bicyclic) bond motifs is 8. The van der Waals surface area contributed by atoms with E-state index in [1.54, 1.807) is 0 Å². The van der Waals surface area contributed by atoms with Crippen molar-refractivity contribution in [3.63, 3.8) is 0 Å². The van der Waals surface area contributed by atoms with E-state index in [-0.39, 0.29) is 0 Å². The molecule has 0 saturated carbocycles. The summed E-state index contributed by atoms with van der Waals surface area (Å²) in [6.07, 6.45) is 0. The number of rotatable bonds is 4. The lowest BCUT2D eigenvalue weighted by atomic mass is 10.1. The number of para-hydroxylation sites is 4. The molecule has 5 aromatic carbocycles. The monoisotopic (exact) mass is 505 g/mol. The maximum atomic E-state index is 6.45. The quantitative estimate of drug-likeness (QED) is 0.239. The van der Waals surface area contributed by atoms with Crippen LogP contribution in [0.2, 0.25) is 0 Å². The van der Waals surface area contributed by atoms with Gasteiger partial charge in [-0.1, -0.05) is 62.4 Å². The first-order chi connectivity index (χ1) is 19.2. The molecule has 4 heteroatoms. The molecular weight excluding hydrogens is 478 g/mol. The summed E-state index contributed by atoms with van der Waals surface area (Å²) >= 11 is 0. The van der Waals surface area contributed by atoms with Gasteiger partial charge in [-0.2, -0.15) is 0 Å². The molecule has 0 fully saturated rings. The van der Waals surface area contributed by atoms with Crippen LogP contribution < -0.4 is 0 Å². The summed E-state index contributed by atoms with van der Waals surface area (Å²) in [4.78, 5) is 5.03. The first-order valence-corrected chi connectivity index (χ1v) is 13.6. The highest BCUT2D eigenvalue weighted by Gasteiger charge is 2.19. The molecule has 8 rings (SSSR count). The highest BCUT2D eigenvalue weighted by atomic mass is 16.3. The third-order valence-electron chi connectivity index (χ3n) is 7.77. The molecule has 3 aromatic heterocycles. The van der Waals surface area contributed by atoms with Crippen molar-refractivity contribution in [2.24, 2.45) is 5.92 Å². The number of furan rings is 1. The van der Waals surface area contributed by atoms with Crippen LogP contribution in [0.25, 0.3) is 71.9 Å². The van der Waals surface area contributed by atoms with Gasteiger partial charge in [0.25, 0.3) is 0 Å². The molecule has 3 heterocycles. The van der Waals surface area contributed by atoms with E-state index in [9.17, 15) is 0 Å². The molecule has 0 amide bonds. The van der Waals surface area contributed by atoms with Gasteiger partial charge in [-0.3, -0.25) is 0 Å². The highest BCUT2D eigenvalue weighted by Crippen LogP contribution is 2.40. The number of hydrogen-bond donors (Lipinski definition) is 0. The molecule has 0 saturated heterocycles. The lowest BCUT2D eigenvalue weighted by Crippen LogP contribution is -2.06. The Kier molecular flexibility index (Phi) is 4.74. The van der Waals surface area contributed by atoms with Gasteiger partial charge in [0.2, 0.25) is 0 Å². The molecule has 0 aliphatic heterocycles. The molecule has 0 bridgehead atoms. The molecule has 0 spiro atoms. The van der Waals surface area contributed by atoms with Crippen molar-refractivity contribution in [3.05, 3.63) is 109 Å². The number of benzene rings is 5. The van der Waals surface area contributed by atoms with E-state index in [1.165, 1.54) is 16.4 Å². The lowest BCUT2D eigenvalue weighted by Gasteiger charge is -2.13. The van der Waals surface area contributed by atoms with Gasteiger partial charge in [0.05, 0.1) is 27.5 Å². The first kappa shape index (κ1) is 22.2. The Morgan fingerprint density at radius 2 is 1.38 bits per heavy atom. The highest BCUT2D eigenvalue weighted by molar-refractivity contribution is 6.23. The maximum Gasteiger partial charge on any atom is 0.145 e. The Morgan fingerprint density at radius 3 is 2.21 bits per heavy atom. The molecule has 0 N–H and O–H groups in total. The predicted molar refractivity (Wildman–Crippen MR) is 162 cm³/mol. The van der Waals surface area contributed by atoms with E-state index in [0.29, 0.717) is 5.92 Å². The molecule has 8 aromatic rings. The first-order valence-electron chi connectivity index (χ1n) is 13.6. The second-order valence-electron chi connectivity index (χ2n) is 10.8. The van der Waals surface area contributed by atoms with E-state index < -0.39 is 0 Å². The van der Waals surface area contributed by atoms with Crippen LogP contribution in [0.15, 0.2) is 114 Å².